The fourth-order valence-electron chi connectivity index (χ4n) is 2.38. The van der Waals surface area contributed by atoms with Gasteiger partial charge in [-0.25, -0.2) is 14.4 Å². The molecule has 2 nitrogen and oxygen atoms in total. The second kappa shape index (κ2) is 6.48. The van der Waals surface area contributed by atoms with Crippen LogP contribution in [0.25, 0.3) is 22.5 Å². The third kappa shape index (κ3) is 3.19. The van der Waals surface area contributed by atoms with Gasteiger partial charge in [0, 0.05) is 23.5 Å². The molecule has 0 amide bonds. The van der Waals surface area contributed by atoms with Gasteiger partial charge in [-0.2, -0.15) is 0 Å². The summed E-state index contributed by atoms with van der Waals surface area (Å²) in [5, 5.41) is 0. The molecule has 0 aliphatic heterocycles. The van der Waals surface area contributed by atoms with Crippen LogP contribution < -0.4 is 0 Å². The molecule has 0 saturated carbocycles. The van der Waals surface area contributed by atoms with Gasteiger partial charge in [0.1, 0.15) is 5.82 Å². The van der Waals surface area contributed by atoms with E-state index in [0.717, 1.165) is 29.5 Å². The third-order valence-electron chi connectivity index (χ3n) is 3.58. The Balaban J connectivity index is 1.83. The highest BCUT2D eigenvalue weighted by molar-refractivity contribution is 5.64. The number of aryl methyl sites for hydroxylation is 1. The van der Waals surface area contributed by atoms with Crippen LogP contribution in [0.1, 0.15) is 18.9 Å². The molecule has 0 bridgehead atoms. The first-order chi connectivity index (χ1) is 10.8. The second-order valence-corrected chi connectivity index (χ2v) is 5.25. The van der Waals surface area contributed by atoms with Crippen LogP contribution in [0.4, 0.5) is 4.39 Å². The minimum Gasteiger partial charge on any atom is -0.236 e. The fraction of sp³-hybridized carbons (Fsp3) is 0.158. The Morgan fingerprint density at radius 1 is 0.773 bits per heavy atom. The lowest BCUT2D eigenvalue weighted by Gasteiger charge is -2.05. The van der Waals surface area contributed by atoms with Crippen molar-refractivity contribution in [3.8, 4) is 22.5 Å². The summed E-state index contributed by atoms with van der Waals surface area (Å²) in [7, 11) is 0. The van der Waals surface area contributed by atoms with Gasteiger partial charge in [0.25, 0.3) is 0 Å². The summed E-state index contributed by atoms with van der Waals surface area (Å²) in [6.45, 7) is 2.18. The molecule has 0 radical (unpaired) electrons. The van der Waals surface area contributed by atoms with Gasteiger partial charge in [-0.1, -0.05) is 37.6 Å². The van der Waals surface area contributed by atoms with Gasteiger partial charge >= 0.3 is 0 Å². The Morgan fingerprint density at radius 2 is 1.36 bits per heavy atom. The highest BCUT2D eigenvalue weighted by Crippen LogP contribution is 2.21. The molecule has 1 heterocycles. The van der Waals surface area contributed by atoms with E-state index in [1.165, 1.54) is 17.7 Å². The first-order valence-electron chi connectivity index (χ1n) is 7.43. The molecule has 1 aromatic heterocycles. The second-order valence-electron chi connectivity index (χ2n) is 5.25. The minimum absolute atomic E-state index is 0.257. The van der Waals surface area contributed by atoms with Crippen molar-refractivity contribution in [2.24, 2.45) is 0 Å². The quantitative estimate of drug-likeness (QED) is 0.683. The molecular weight excluding hydrogens is 275 g/mol. The number of benzene rings is 2. The van der Waals surface area contributed by atoms with Crippen LogP contribution >= 0.6 is 0 Å². The van der Waals surface area contributed by atoms with E-state index in [1.54, 1.807) is 24.5 Å². The van der Waals surface area contributed by atoms with Gasteiger partial charge in [0.2, 0.25) is 0 Å². The number of hydrogen-bond donors (Lipinski definition) is 0. The fourth-order valence-corrected chi connectivity index (χ4v) is 2.38. The van der Waals surface area contributed by atoms with Gasteiger partial charge in [-0.05, 0) is 41.8 Å². The zero-order valence-corrected chi connectivity index (χ0v) is 12.5. The van der Waals surface area contributed by atoms with Crippen molar-refractivity contribution in [3.05, 3.63) is 72.3 Å². The third-order valence-corrected chi connectivity index (χ3v) is 3.58. The molecule has 0 aliphatic carbocycles. The first-order valence-corrected chi connectivity index (χ1v) is 7.43. The molecule has 3 heteroatoms. The van der Waals surface area contributed by atoms with Gasteiger partial charge in [-0.3, -0.25) is 0 Å². The van der Waals surface area contributed by atoms with Crippen LogP contribution in [-0.2, 0) is 6.42 Å². The van der Waals surface area contributed by atoms with Gasteiger partial charge in [-0.15, -0.1) is 0 Å². The largest absolute Gasteiger partial charge is 0.236 e. The van der Waals surface area contributed by atoms with E-state index in [9.17, 15) is 4.39 Å². The van der Waals surface area contributed by atoms with Crippen LogP contribution in [0, 0.1) is 5.82 Å². The highest BCUT2D eigenvalue weighted by atomic mass is 19.1. The van der Waals surface area contributed by atoms with E-state index in [2.05, 4.69) is 41.2 Å². The Kier molecular flexibility index (Phi) is 4.24. The standard InChI is InChI=1S/C19H17FN2/c1-2-3-14-4-6-15(7-5-14)17-12-21-19(22-13-17)16-8-10-18(20)11-9-16/h4-13H,2-3H2,1H3. The number of halogens is 1. The van der Waals surface area contributed by atoms with Crippen LogP contribution in [0.2, 0.25) is 0 Å². The van der Waals surface area contributed by atoms with E-state index in [1.807, 2.05) is 0 Å². The van der Waals surface area contributed by atoms with E-state index < -0.39 is 0 Å². The molecule has 0 unspecified atom stereocenters. The zero-order valence-electron chi connectivity index (χ0n) is 12.5. The smallest absolute Gasteiger partial charge is 0.159 e. The molecule has 22 heavy (non-hydrogen) atoms. The van der Waals surface area contributed by atoms with Crippen molar-refractivity contribution < 1.29 is 4.39 Å². The van der Waals surface area contributed by atoms with E-state index >= 15 is 0 Å². The van der Waals surface area contributed by atoms with Gasteiger partial charge in [0.05, 0.1) is 0 Å². The topological polar surface area (TPSA) is 25.8 Å². The lowest BCUT2D eigenvalue weighted by atomic mass is 10.0. The van der Waals surface area contributed by atoms with Crippen LogP contribution in [0.3, 0.4) is 0 Å². The molecule has 2 aromatic carbocycles. The summed E-state index contributed by atoms with van der Waals surface area (Å²) < 4.78 is 12.9. The lowest BCUT2D eigenvalue weighted by molar-refractivity contribution is 0.628. The van der Waals surface area contributed by atoms with Crippen LogP contribution in [-0.4, -0.2) is 9.97 Å². The van der Waals surface area contributed by atoms with Crippen LogP contribution in [0.15, 0.2) is 60.9 Å². The van der Waals surface area contributed by atoms with E-state index in [0.29, 0.717) is 5.82 Å². The molecule has 110 valence electrons. The molecule has 3 aromatic rings. The summed E-state index contributed by atoms with van der Waals surface area (Å²) in [6.07, 6.45) is 5.86. The number of aromatic nitrogens is 2. The molecule has 0 atom stereocenters. The van der Waals surface area contributed by atoms with Gasteiger partial charge < -0.3 is 0 Å². The summed E-state index contributed by atoms with van der Waals surface area (Å²) in [5.41, 5.74) is 4.24. The van der Waals surface area contributed by atoms with E-state index in [4.69, 9.17) is 0 Å². The summed E-state index contributed by atoms with van der Waals surface area (Å²) in [6, 6.07) is 14.7. The lowest BCUT2D eigenvalue weighted by Crippen LogP contribution is -1.90. The van der Waals surface area contributed by atoms with Crippen molar-refractivity contribution in [1.29, 1.82) is 0 Å². The minimum atomic E-state index is -0.257. The zero-order chi connectivity index (χ0) is 15.4. The molecule has 0 fully saturated rings. The van der Waals surface area contributed by atoms with Gasteiger partial charge in [0.15, 0.2) is 5.82 Å². The number of rotatable bonds is 4. The predicted octanol–water partition coefficient (Wildman–Crippen LogP) is 4.90. The molecule has 0 spiro atoms. The molecule has 3 rings (SSSR count). The molecule has 0 N–H and O–H groups in total. The van der Waals surface area contributed by atoms with E-state index in [-0.39, 0.29) is 5.82 Å². The number of hydrogen-bond acceptors (Lipinski definition) is 2. The van der Waals surface area contributed by atoms with Crippen molar-refractivity contribution >= 4 is 0 Å². The maximum absolute atomic E-state index is 12.9. The average Bonchev–Trinajstić information content (AvgIpc) is 2.57. The normalized spacial score (nSPS) is 10.6. The molecular formula is C19H17FN2. The highest BCUT2D eigenvalue weighted by Gasteiger charge is 2.03. The maximum Gasteiger partial charge on any atom is 0.159 e. The Bertz CT molecular complexity index is 732. The molecule has 0 saturated heterocycles. The summed E-state index contributed by atoms with van der Waals surface area (Å²) >= 11 is 0. The average molecular weight is 292 g/mol. The Hall–Kier alpha value is -2.55. The SMILES string of the molecule is CCCc1ccc(-c2cnc(-c3ccc(F)cc3)nc2)cc1. The first kappa shape index (κ1) is 14.4. The Morgan fingerprint density at radius 3 is 1.95 bits per heavy atom. The summed E-state index contributed by atoms with van der Waals surface area (Å²) in [4.78, 5) is 8.76. The predicted molar refractivity (Wildman–Crippen MR) is 86.9 cm³/mol. The monoisotopic (exact) mass is 292 g/mol. The van der Waals surface area contributed by atoms with Crippen molar-refractivity contribution in [2.75, 3.05) is 0 Å². The summed E-state index contributed by atoms with van der Waals surface area (Å²) in [5.74, 6) is 0.346. The molecule has 0 aliphatic rings. The van der Waals surface area contributed by atoms with Crippen molar-refractivity contribution in [3.63, 3.8) is 0 Å². The van der Waals surface area contributed by atoms with Crippen LogP contribution in [0.5, 0.6) is 0 Å². The number of nitrogens with zero attached hydrogens (tertiary/aromatic N) is 2. The van der Waals surface area contributed by atoms with Crippen molar-refractivity contribution in [1.82, 2.24) is 9.97 Å². The van der Waals surface area contributed by atoms with Crippen molar-refractivity contribution in [2.45, 2.75) is 19.8 Å². The maximum atomic E-state index is 12.9. The Labute approximate surface area is 129 Å².